The summed E-state index contributed by atoms with van der Waals surface area (Å²) in [6, 6.07) is 12.2. The van der Waals surface area contributed by atoms with Crippen molar-refractivity contribution in [2.45, 2.75) is 51.2 Å². The maximum Gasteiger partial charge on any atom is 0.189 e. The quantitative estimate of drug-likeness (QED) is 0.159. The average Bonchev–Trinajstić information content (AvgIpc) is 3.60. The summed E-state index contributed by atoms with van der Waals surface area (Å²) < 4.78 is 8.64. The molecule has 186 valence electrons. The van der Waals surface area contributed by atoms with Crippen LogP contribution in [0.4, 0.5) is 5.82 Å². The molecule has 0 radical (unpaired) electrons. The average molecular weight is 615 g/mol. The number of halogens is 1. The van der Waals surface area contributed by atoms with E-state index < -0.39 is 18.4 Å². The van der Waals surface area contributed by atoms with Crippen LogP contribution in [0.15, 0.2) is 41.8 Å². The first-order valence-corrected chi connectivity index (χ1v) is 13.8. The molecule has 3 aromatic heterocycles. The maximum absolute atomic E-state index is 10.7. The highest BCUT2D eigenvalue weighted by Crippen LogP contribution is 2.33. The number of benzene rings is 1. The number of aliphatic hydroxyl groups excluding tert-OH is 2. The molecule has 1 aromatic carbocycles. The molecule has 1 saturated heterocycles. The molecular formula is C26H26IN5O3S. The molecule has 1 fully saturated rings. The van der Waals surface area contributed by atoms with E-state index >= 15 is 0 Å². The van der Waals surface area contributed by atoms with Gasteiger partial charge in [0, 0.05) is 16.5 Å². The zero-order valence-electron chi connectivity index (χ0n) is 19.7. The van der Waals surface area contributed by atoms with E-state index in [0.29, 0.717) is 35.2 Å². The van der Waals surface area contributed by atoms with E-state index in [1.165, 1.54) is 0 Å². The van der Waals surface area contributed by atoms with Crippen LogP contribution in [0.3, 0.4) is 0 Å². The summed E-state index contributed by atoms with van der Waals surface area (Å²) in [5, 5.41) is 26.3. The molecule has 0 unspecified atom stereocenters. The normalized spacial score (nSPS) is 19.4. The fraction of sp³-hybridized carbons (Fsp3) is 0.346. The van der Waals surface area contributed by atoms with Crippen LogP contribution >= 0.6 is 33.9 Å². The van der Waals surface area contributed by atoms with Gasteiger partial charge in [-0.1, -0.05) is 37.5 Å². The predicted molar refractivity (Wildman–Crippen MR) is 149 cm³/mol. The highest BCUT2D eigenvalue weighted by atomic mass is 127. The summed E-state index contributed by atoms with van der Waals surface area (Å²) >= 11 is 3.84. The van der Waals surface area contributed by atoms with Crippen LogP contribution in [-0.4, -0.2) is 48.5 Å². The Labute approximate surface area is 226 Å². The Kier molecular flexibility index (Phi) is 7.83. The largest absolute Gasteiger partial charge is 0.388 e. The Bertz CT molecular complexity index is 1410. The molecule has 0 amide bonds. The van der Waals surface area contributed by atoms with Crippen LogP contribution in [0.5, 0.6) is 0 Å². The van der Waals surface area contributed by atoms with Crippen molar-refractivity contribution in [3.8, 4) is 22.5 Å². The summed E-state index contributed by atoms with van der Waals surface area (Å²) in [5.74, 6) is 7.87. The lowest BCUT2D eigenvalue weighted by Crippen LogP contribution is -2.29. The number of hydrogen-bond acceptors (Lipinski definition) is 8. The number of rotatable bonds is 7. The van der Waals surface area contributed by atoms with Crippen LogP contribution in [0, 0.1) is 15.4 Å². The Morgan fingerprint density at radius 3 is 2.83 bits per heavy atom. The van der Waals surface area contributed by atoms with Crippen molar-refractivity contribution in [2.75, 3.05) is 11.9 Å². The second-order valence-electron chi connectivity index (χ2n) is 8.52. The van der Waals surface area contributed by atoms with E-state index in [2.05, 4.69) is 58.8 Å². The number of thiophene rings is 1. The lowest BCUT2D eigenvalue weighted by atomic mass is 10.2. The lowest BCUT2D eigenvalue weighted by Gasteiger charge is -2.18. The molecule has 0 bridgehead atoms. The summed E-state index contributed by atoms with van der Waals surface area (Å²) in [6.45, 7) is 2.70. The monoisotopic (exact) mass is 615 g/mol. The number of aromatic nitrogens is 4. The second-order valence-corrected chi connectivity index (χ2v) is 10.7. The van der Waals surface area contributed by atoms with E-state index in [9.17, 15) is 10.2 Å². The molecule has 3 N–H and O–H groups in total. The minimum atomic E-state index is -1.12. The van der Waals surface area contributed by atoms with Crippen molar-refractivity contribution in [1.82, 2.24) is 19.5 Å². The highest BCUT2D eigenvalue weighted by Gasteiger charge is 2.38. The number of anilines is 1. The number of ether oxygens (including phenoxy) is 1. The third-order valence-corrected chi connectivity index (χ3v) is 7.40. The molecule has 10 heteroatoms. The van der Waals surface area contributed by atoms with Crippen LogP contribution in [-0.2, 0) is 11.3 Å². The molecule has 36 heavy (non-hydrogen) atoms. The van der Waals surface area contributed by atoms with Gasteiger partial charge < -0.3 is 20.3 Å². The Morgan fingerprint density at radius 1 is 1.22 bits per heavy atom. The number of unbranched alkanes of at least 4 members (excludes halogenated alkanes) is 2. The van der Waals surface area contributed by atoms with Gasteiger partial charge in [-0.15, -0.1) is 11.3 Å². The first-order chi connectivity index (χ1) is 17.5. The SMILES string of the molecule is CCCCC#Cc1nc2c(NCc3cccc(I)c3)nc(-c3cccs3)nc2n1[C@@H]1OC[C@@H](O)[C@H]1O. The molecule has 1 aliphatic heterocycles. The van der Waals surface area contributed by atoms with Crippen molar-refractivity contribution < 1.29 is 14.9 Å². The van der Waals surface area contributed by atoms with E-state index in [0.717, 1.165) is 33.3 Å². The fourth-order valence-corrected chi connectivity index (χ4v) is 5.26. The molecule has 0 saturated carbocycles. The molecule has 4 heterocycles. The molecule has 5 rings (SSSR count). The molecule has 0 aliphatic carbocycles. The van der Waals surface area contributed by atoms with E-state index in [1.807, 2.05) is 29.6 Å². The topological polar surface area (TPSA) is 105 Å². The first kappa shape index (κ1) is 25.1. The van der Waals surface area contributed by atoms with Gasteiger partial charge in [0.05, 0.1) is 11.5 Å². The number of nitrogens with zero attached hydrogens (tertiary/aromatic N) is 4. The van der Waals surface area contributed by atoms with Gasteiger partial charge in [0.15, 0.2) is 34.9 Å². The van der Waals surface area contributed by atoms with Crippen LogP contribution in [0.25, 0.3) is 21.9 Å². The molecule has 0 spiro atoms. The van der Waals surface area contributed by atoms with Gasteiger partial charge in [0.1, 0.15) is 12.2 Å². The third kappa shape index (κ3) is 5.26. The number of hydrogen-bond donors (Lipinski definition) is 3. The summed E-state index contributed by atoms with van der Waals surface area (Å²) in [4.78, 5) is 15.4. The van der Waals surface area contributed by atoms with Gasteiger partial charge in [-0.05, 0) is 64.1 Å². The van der Waals surface area contributed by atoms with Gasteiger partial charge in [-0.2, -0.15) is 0 Å². The second kappa shape index (κ2) is 11.2. The van der Waals surface area contributed by atoms with Crippen molar-refractivity contribution >= 4 is 50.9 Å². The standard InChI is InChI=1S/C26H26IN5O3S/c1-2-3-4-5-11-20-29-21-24(28-14-16-8-6-9-17(27)13-16)30-23(19-10-7-12-36-19)31-25(21)32(20)26-22(34)18(33)15-35-26/h6-10,12-13,18,22,26,33-34H,2-4,14-15H2,1H3,(H,28,30,31)/t18-,22-,26-/m1/s1. The number of aliphatic hydroxyl groups is 2. The van der Waals surface area contributed by atoms with Gasteiger partial charge >= 0.3 is 0 Å². The highest BCUT2D eigenvalue weighted by molar-refractivity contribution is 14.1. The van der Waals surface area contributed by atoms with Crippen LogP contribution in [0.2, 0.25) is 0 Å². The molecular weight excluding hydrogens is 589 g/mol. The minimum absolute atomic E-state index is 0.0226. The number of fused-ring (bicyclic) bond motifs is 1. The lowest BCUT2D eigenvalue weighted by molar-refractivity contribution is -0.0167. The maximum atomic E-state index is 10.7. The van der Waals surface area contributed by atoms with Crippen molar-refractivity contribution in [3.05, 3.63) is 56.7 Å². The fourth-order valence-electron chi connectivity index (χ4n) is 3.99. The van der Waals surface area contributed by atoms with Crippen molar-refractivity contribution in [1.29, 1.82) is 0 Å². The Hall–Kier alpha value is -2.56. The van der Waals surface area contributed by atoms with Crippen LogP contribution < -0.4 is 5.32 Å². The van der Waals surface area contributed by atoms with Gasteiger partial charge in [-0.25, -0.2) is 15.0 Å². The van der Waals surface area contributed by atoms with Crippen molar-refractivity contribution in [2.24, 2.45) is 0 Å². The summed E-state index contributed by atoms with van der Waals surface area (Å²) in [5.41, 5.74) is 2.15. The molecule has 1 aliphatic rings. The first-order valence-electron chi connectivity index (χ1n) is 11.8. The van der Waals surface area contributed by atoms with Gasteiger partial charge in [0.25, 0.3) is 0 Å². The Balaban J connectivity index is 1.64. The zero-order chi connectivity index (χ0) is 25.1. The van der Waals surface area contributed by atoms with Crippen LogP contribution in [0.1, 0.15) is 43.8 Å². The van der Waals surface area contributed by atoms with Crippen molar-refractivity contribution in [3.63, 3.8) is 0 Å². The Morgan fingerprint density at radius 2 is 2.11 bits per heavy atom. The van der Waals surface area contributed by atoms with Gasteiger partial charge in [-0.3, -0.25) is 4.57 Å². The molecule has 8 nitrogen and oxygen atoms in total. The summed E-state index contributed by atoms with van der Waals surface area (Å²) in [6.07, 6.45) is -0.203. The van der Waals surface area contributed by atoms with Gasteiger partial charge in [0.2, 0.25) is 0 Å². The number of imidazole rings is 1. The third-order valence-electron chi connectivity index (χ3n) is 5.86. The predicted octanol–water partition coefficient (Wildman–Crippen LogP) is 4.56. The summed E-state index contributed by atoms with van der Waals surface area (Å²) in [7, 11) is 0. The molecule has 3 atom stereocenters. The zero-order valence-corrected chi connectivity index (χ0v) is 22.7. The smallest absolute Gasteiger partial charge is 0.189 e. The molecule has 4 aromatic rings. The minimum Gasteiger partial charge on any atom is -0.388 e. The van der Waals surface area contributed by atoms with E-state index in [1.54, 1.807) is 15.9 Å². The number of nitrogens with one attached hydrogen (secondary N) is 1. The van der Waals surface area contributed by atoms with E-state index in [4.69, 9.17) is 19.7 Å². The van der Waals surface area contributed by atoms with E-state index in [-0.39, 0.29) is 6.61 Å².